The van der Waals surface area contributed by atoms with Crippen LogP contribution in [0.15, 0.2) is 52.3 Å². The van der Waals surface area contributed by atoms with Crippen LogP contribution >= 0.6 is 11.8 Å². The van der Waals surface area contributed by atoms with Gasteiger partial charge in [-0.2, -0.15) is 0 Å². The molecule has 0 spiro atoms. The highest BCUT2D eigenvalue weighted by Crippen LogP contribution is 2.42. The first kappa shape index (κ1) is 24.7. The molecule has 2 bridgehead atoms. The van der Waals surface area contributed by atoms with Crippen LogP contribution < -0.4 is 10.5 Å². The third-order valence-corrected chi connectivity index (χ3v) is 9.49. The molecule has 192 valence electrons. The average Bonchev–Trinajstić information content (AvgIpc) is 3.03. The monoisotopic (exact) mass is 515 g/mol. The first-order chi connectivity index (χ1) is 17.9. The summed E-state index contributed by atoms with van der Waals surface area (Å²) in [7, 11) is 1.40. The summed E-state index contributed by atoms with van der Waals surface area (Å²) in [5, 5.41) is 19.8. The van der Waals surface area contributed by atoms with Crippen LogP contribution in [0.4, 0.5) is 5.82 Å². The number of anilines is 1. The molecule has 0 aliphatic carbocycles. The third kappa shape index (κ3) is 4.62. The van der Waals surface area contributed by atoms with Crippen LogP contribution in [0.5, 0.6) is 0 Å². The van der Waals surface area contributed by atoms with Gasteiger partial charge in [-0.25, -0.2) is 0 Å². The van der Waals surface area contributed by atoms with Crippen molar-refractivity contribution >= 4 is 24.6 Å². The van der Waals surface area contributed by atoms with E-state index in [0.29, 0.717) is 18.1 Å². The molecule has 37 heavy (non-hydrogen) atoms. The first-order valence-electron chi connectivity index (χ1n) is 13.4. The number of aryl methyl sites for hydroxylation is 2. The van der Waals surface area contributed by atoms with E-state index in [1.54, 1.807) is 17.7 Å². The summed E-state index contributed by atoms with van der Waals surface area (Å²) >= 11 is 1.89. The topological polar surface area (TPSA) is 74.5 Å². The summed E-state index contributed by atoms with van der Waals surface area (Å²) in [6.07, 6.45) is 7.46. The van der Waals surface area contributed by atoms with Crippen molar-refractivity contribution in [3.63, 3.8) is 0 Å². The molecule has 6 rings (SSSR count). The van der Waals surface area contributed by atoms with E-state index < -0.39 is 0 Å². The van der Waals surface area contributed by atoms with Crippen LogP contribution in [-0.4, -0.2) is 62.1 Å². The molecule has 0 saturated carbocycles. The zero-order chi connectivity index (χ0) is 25.7. The second-order valence-corrected chi connectivity index (χ2v) is 11.9. The van der Waals surface area contributed by atoms with Gasteiger partial charge < -0.3 is 19.3 Å². The SMILES string of the molecule is CB(O)N1[C@@H]2CC[C@H]1C[C@H](N1CCCSc3cc(-c4ccc(-c5ccn(C)c(=O)c5)cc4C)nnc31)C2. The van der Waals surface area contributed by atoms with Crippen LogP contribution in [0.3, 0.4) is 0 Å². The zero-order valence-electron chi connectivity index (χ0n) is 21.8. The van der Waals surface area contributed by atoms with Gasteiger partial charge in [0.2, 0.25) is 0 Å². The maximum Gasteiger partial charge on any atom is 0.376 e. The zero-order valence-corrected chi connectivity index (χ0v) is 22.6. The highest BCUT2D eigenvalue weighted by molar-refractivity contribution is 7.99. The van der Waals surface area contributed by atoms with E-state index in [9.17, 15) is 9.82 Å². The quantitative estimate of drug-likeness (QED) is 0.522. The molecule has 7 nitrogen and oxygen atoms in total. The van der Waals surface area contributed by atoms with Gasteiger partial charge in [0.25, 0.3) is 5.56 Å². The summed E-state index contributed by atoms with van der Waals surface area (Å²) in [6, 6.07) is 13.5. The Kier molecular flexibility index (Phi) is 6.63. The minimum atomic E-state index is -0.366. The molecule has 3 atom stereocenters. The van der Waals surface area contributed by atoms with Crippen molar-refractivity contribution in [3.05, 3.63) is 58.5 Å². The summed E-state index contributed by atoms with van der Waals surface area (Å²) in [4.78, 5) is 18.2. The Morgan fingerprint density at radius 1 is 1.03 bits per heavy atom. The summed E-state index contributed by atoms with van der Waals surface area (Å²) < 4.78 is 1.58. The number of hydrogen-bond donors (Lipinski definition) is 1. The standard InChI is InChI=1S/C28H34BN5O2S/c1-18-13-19(20-9-11-32(3)27(35)14-20)5-8-24(18)25-17-26-28(31-30-25)33(10-4-12-37-26)23-15-21-6-7-22(16-23)34(21)29(2)36/h5,8-9,11,13-14,17,21-23,36H,4,6-7,10,12,15-16H2,1-3H3/t21-,22+,23-. The molecule has 2 fully saturated rings. The fourth-order valence-corrected chi connectivity index (χ4v) is 7.57. The van der Waals surface area contributed by atoms with Gasteiger partial charge in [-0.1, -0.05) is 18.2 Å². The Morgan fingerprint density at radius 3 is 2.49 bits per heavy atom. The van der Waals surface area contributed by atoms with Gasteiger partial charge >= 0.3 is 7.05 Å². The number of rotatable bonds is 4. The molecule has 0 amide bonds. The summed E-state index contributed by atoms with van der Waals surface area (Å²) in [6.45, 7) is 5.02. The molecular formula is C28H34BN5O2S. The molecule has 5 heterocycles. The van der Waals surface area contributed by atoms with E-state index in [1.807, 2.05) is 30.8 Å². The molecule has 3 aliphatic rings. The lowest BCUT2D eigenvalue weighted by molar-refractivity contribution is 0.196. The highest BCUT2D eigenvalue weighted by Gasteiger charge is 2.45. The van der Waals surface area contributed by atoms with Gasteiger partial charge in [0, 0.05) is 49.5 Å². The lowest BCUT2D eigenvalue weighted by Gasteiger charge is -2.44. The van der Waals surface area contributed by atoms with Gasteiger partial charge in [0.05, 0.1) is 10.6 Å². The predicted octanol–water partition coefficient (Wildman–Crippen LogP) is 4.23. The van der Waals surface area contributed by atoms with Crippen molar-refractivity contribution in [2.75, 3.05) is 17.2 Å². The maximum absolute atomic E-state index is 12.1. The van der Waals surface area contributed by atoms with E-state index in [4.69, 9.17) is 10.2 Å². The van der Waals surface area contributed by atoms with E-state index in [1.165, 1.54) is 17.7 Å². The van der Waals surface area contributed by atoms with Crippen molar-refractivity contribution in [1.29, 1.82) is 0 Å². The Hall–Kier alpha value is -2.62. The fourth-order valence-electron chi connectivity index (χ4n) is 6.59. The second kappa shape index (κ2) is 9.93. The normalized spacial score (nSPS) is 23.6. The summed E-state index contributed by atoms with van der Waals surface area (Å²) in [5.74, 6) is 2.10. The molecule has 2 aromatic heterocycles. The number of benzene rings is 1. The van der Waals surface area contributed by atoms with Gasteiger partial charge in [-0.15, -0.1) is 22.0 Å². The van der Waals surface area contributed by atoms with E-state index >= 15 is 0 Å². The molecule has 0 unspecified atom stereocenters. The van der Waals surface area contributed by atoms with Gasteiger partial charge in [-0.3, -0.25) is 4.79 Å². The largest absolute Gasteiger partial charge is 0.437 e. The number of pyridine rings is 1. The van der Waals surface area contributed by atoms with E-state index in [2.05, 4.69) is 40.9 Å². The minimum absolute atomic E-state index is 0.0121. The van der Waals surface area contributed by atoms with Crippen molar-refractivity contribution in [3.8, 4) is 22.4 Å². The van der Waals surface area contributed by atoms with Crippen molar-refractivity contribution in [1.82, 2.24) is 19.6 Å². The number of fused-ring (bicyclic) bond motifs is 3. The molecule has 3 aromatic rings. The minimum Gasteiger partial charge on any atom is -0.437 e. The number of aromatic nitrogens is 3. The van der Waals surface area contributed by atoms with Crippen molar-refractivity contribution in [2.24, 2.45) is 7.05 Å². The molecule has 0 radical (unpaired) electrons. The lowest BCUT2D eigenvalue weighted by atomic mass is 9.78. The first-order valence-corrected chi connectivity index (χ1v) is 14.4. The van der Waals surface area contributed by atoms with Crippen molar-refractivity contribution < 1.29 is 5.02 Å². The van der Waals surface area contributed by atoms with Gasteiger partial charge in [0.15, 0.2) is 5.82 Å². The van der Waals surface area contributed by atoms with Crippen LogP contribution in [-0.2, 0) is 7.05 Å². The number of hydrogen-bond acceptors (Lipinski definition) is 7. The Bertz CT molecular complexity index is 1360. The van der Waals surface area contributed by atoms with E-state index in [0.717, 1.165) is 65.3 Å². The van der Waals surface area contributed by atoms with Crippen LogP contribution in [0, 0.1) is 6.92 Å². The average molecular weight is 515 g/mol. The number of nitrogens with zero attached hydrogens (tertiary/aromatic N) is 5. The van der Waals surface area contributed by atoms with Crippen molar-refractivity contribution in [2.45, 2.75) is 68.9 Å². The molecule has 1 N–H and O–H groups in total. The molecule has 9 heteroatoms. The van der Waals surface area contributed by atoms with Crippen LogP contribution in [0.2, 0.25) is 6.82 Å². The summed E-state index contributed by atoms with van der Waals surface area (Å²) in [5.41, 5.74) is 5.02. The second-order valence-electron chi connectivity index (χ2n) is 10.8. The number of thioether (sulfide) groups is 1. The number of piperidine rings is 1. The lowest BCUT2D eigenvalue weighted by Crippen LogP contribution is -2.55. The van der Waals surface area contributed by atoms with Crippen LogP contribution in [0.1, 0.15) is 37.7 Å². The van der Waals surface area contributed by atoms with Gasteiger partial charge in [-0.05, 0) is 80.4 Å². The van der Waals surface area contributed by atoms with Gasteiger partial charge in [0.1, 0.15) is 0 Å². The Morgan fingerprint density at radius 2 is 1.78 bits per heavy atom. The predicted molar refractivity (Wildman–Crippen MR) is 151 cm³/mol. The molecule has 2 saturated heterocycles. The molecule has 1 aromatic carbocycles. The van der Waals surface area contributed by atoms with Crippen LogP contribution in [0.25, 0.3) is 22.4 Å². The maximum atomic E-state index is 12.1. The Labute approximate surface area is 223 Å². The third-order valence-electron chi connectivity index (χ3n) is 8.39. The fraction of sp³-hybridized carbons (Fsp3) is 0.464. The molecule has 3 aliphatic heterocycles. The van der Waals surface area contributed by atoms with E-state index in [-0.39, 0.29) is 12.6 Å². The molecular weight excluding hydrogens is 481 g/mol. The highest BCUT2D eigenvalue weighted by atomic mass is 32.2. The smallest absolute Gasteiger partial charge is 0.376 e. The Balaban J connectivity index is 1.28.